The Morgan fingerprint density at radius 1 is 0.741 bits per heavy atom. The molecule has 6 rings (SSSR count). The van der Waals surface area contributed by atoms with Crippen LogP contribution < -0.4 is 15.9 Å². The Kier molecular flexibility index (Phi) is 25.7. The molecule has 0 spiro atoms. The molecule has 0 saturated carbocycles. The lowest BCUT2D eigenvalue weighted by Gasteiger charge is -2.51. The highest BCUT2D eigenvalue weighted by Crippen LogP contribution is 2.56. The SMILES string of the molecule is CC[C@H]1OC(=O)[C@H](C)C([C@H]2C[C@@](C)(OC)[C@@H](O)[C@H](C)O2)[C@H](C)[C@@H](O[C@@H]2O[C@H](C)C[C@H](N(C)C)[C@H]2O)[C@](C)(O)C[C@@H](C)CN(C(=O)CCCCCCCCCCC[P+](c2cccc(C)c2)(c2cccc(C)c2)c2cccc(C)c2)[C@H](C)[C@@H](O)[C@]1(C)O. The average molecular weight is 1200 g/mol. The van der Waals surface area contributed by atoms with Crippen LogP contribution in [0.1, 0.15) is 176 Å². The lowest BCUT2D eigenvalue weighted by molar-refractivity contribution is -0.302. The molecule has 18 atom stereocenters. The number of nitrogens with zero attached hydrogens (tertiary/aromatic N) is 2. The number of carbonyl (C=O) groups is 2. The fraction of sp³-hybridized carbons (Fsp3) is 0.714. The molecule has 14 nitrogen and oxygen atoms in total. The van der Waals surface area contributed by atoms with E-state index in [0.29, 0.717) is 12.8 Å². The van der Waals surface area contributed by atoms with Gasteiger partial charge in [-0.25, -0.2) is 0 Å². The van der Waals surface area contributed by atoms with Crippen LogP contribution in [0.2, 0.25) is 0 Å². The molecule has 0 radical (unpaired) electrons. The van der Waals surface area contributed by atoms with Gasteiger partial charge < -0.3 is 59.0 Å². The summed E-state index contributed by atoms with van der Waals surface area (Å²) in [7, 11) is 3.40. The highest BCUT2D eigenvalue weighted by atomic mass is 31.2. The number of carbonyl (C=O) groups excluding carboxylic acids is 2. The highest BCUT2D eigenvalue weighted by Gasteiger charge is 2.55. The number of benzene rings is 3. The van der Waals surface area contributed by atoms with E-state index >= 15 is 0 Å². The molecule has 15 heteroatoms. The molecule has 0 aromatic heterocycles. The normalized spacial score (nSPS) is 34.8. The minimum atomic E-state index is -1.99. The summed E-state index contributed by atoms with van der Waals surface area (Å²) in [6, 6.07) is 26.4. The smallest absolute Gasteiger partial charge is 0.309 e. The summed E-state index contributed by atoms with van der Waals surface area (Å²) < 4.78 is 32.2. The van der Waals surface area contributed by atoms with Crippen LogP contribution in [0, 0.1) is 44.4 Å². The molecule has 3 heterocycles. The number of unbranched alkanes of at least 4 members (excludes halogenated alkanes) is 8. The molecule has 478 valence electrons. The average Bonchev–Trinajstić information content (AvgIpc) is 1.46. The number of esters is 1. The van der Waals surface area contributed by atoms with Gasteiger partial charge in [0.05, 0.1) is 53.7 Å². The molecule has 3 aliphatic rings. The van der Waals surface area contributed by atoms with Crippen LogP contribution in [0.3, 0.4) is 0 Å². The van der Waals surface area contributed by atoms with Crippen molar-refractivity contribution in [1.29, 1.82) is 0 Å². The fourth-order valence-electron chi connectivity index (χ4n) is 14.8. The summed E-state index contributed by atoms with van der Waals surface area (Å²) >= 11 is 0. The summed E-state index contributed by atoms with van der Waals surface area (Å²) in [5, 5.41) is 65.4. The van der Waals surface area contributed by atoms with Crippen molar-refractivity contribution in [3.63, 3.8) is 0 Å². The maximum absolute atomic E-state index is 14.8. The number of likely N-dealkylation sites (N-methyl/N-ethyl adjacent to an activating group) is 1. The Bertz CT molecular complexity index is 2470. The van der Waals surface area contributed by atoms with Crippen LogP contribution in [-0.2, 0) is 33.3 Å². The number of hydrogen-bond donors (Lipinski definition) is 5. The van der Waals surface area contributed by atoms with Crippen LogP contribution >= 0.6 is 7.26 Å². The quantitative estimate of drug-likeness (QED) is 0.0386. The molecule has 3 aliphatic heterocycles. The molecule has 1 amide bonds. The summed E-state index contributed by atoms with van der Waals surface area (Å²) in [4.78, 5) is 33.1. The molecule has 0 aliphatic carbocycles. The number of methoxy groups -OCH3 is 1. The summed E-state index contributed by atoms with van der Waals surface area (Å²) in [6.07, 6.45) is 2.94. The van der Waals surface area contributed by atoms with E-state index < -0.39 is 103 Å². The first kappa shape index (κ1) is 70.7. The largest absolute Gasteiger partial charge is 0.459 e. The number of aryl methyl sites for hydroxylation is 3. The third-order valence-corrected chi connectivity index (χ3v) is 24.3. The minimum Gasteiger partial charge on any atom is -0.459 e. The number of aliphatic hydroxyl groups is 5. The number of ether oxygens (including phenoxy) is 5. The topological polar surface area (TPSA) is 188 Å². The van der Waals surface area contributed by atoms with Gasteiger partial charge in [0.15, 0.2) is 6.29 Å². The second-order valence-corrected chi connectivity index (χ2v) is 31.0. The highest BCUT2D eigenvalue weighted by molar-refractivity contribution is 7.95. The van der Waals surface area contributed by atoms with Crippen molar-refractivity contribution in [1.82, 2.24) is 9.80 Å². The van der Waals surface area contributed by atoms with Crippen molar-refractivity contribution < 1.29 is 58.8 Å². The van der Waals surface area contributed by atoms with Crippen molar-refractivity contribution in [3.05, 3.63) is 89.5 Å². The van der Waals surface area contributed by atoms with Gasteiger partial charge in [0, 0.05) is 38.5 Å². The zero-order chi connectivity index (χ0) is 62.8. The molecular formula is C70H112N2O12P+. The van der Waals surface area contributed by atoms with E-state index in [1.54, 1.807) is 39.5 Å². The van der Waals surface area contributed by atoms with Gasteiger partial charge in [-0.1, -0.05) is 103 Å². The number of amides is 1. The van der Waals surface area contributed by atoms with E-state index in [-0.39, 0.29) is 56.2 Å². The maximum atomic E-state index is 14.8. The minimum absolute atomic E-state index is 0.106. The van der Waals surface area contributed by atoms with Crippen molar-refractivity contribution in [2.75, 3.05) is 33.9 Å². The predicted octanol–water partition coefficient (Wildman–Crippen LogP) is 9.89. The first-order valence-corrected chi connectivity index (χ1v) is 34.3. The zero-order valence-electron chi connectivity index (χ0n) is 54.8. The van der Waals surface area contributed by atoms with Gasteiger partial charge in [-0.05, 0) is 180 Å². The first-order chi connectivity index (χ1) is 40.0. The molecule has 85 heavy (non-hydrogen) atoms. The third-order valence-electron chi connectivity index (χ3n) is 19.8. The second-order valence-electron chi connectivity index (χ2n) is 27.3. The predicted molar refractivity (Wildman–Crippen MR) is 342 cm³/mol. The Balaban J connectivity index is 1.16. The van der Waals surface area contributed by atoms with Gasteiger partial charge in [0.2, 0.25) is 5.91 Å². The zero-order valence-corrected chi connectivity index (χ0v) is 55.7. The molecule has 3 saturated heterocycles. The standard InChI is InChI=1S/C70H112N2O12P/c1-17-59-70(13,79)63(75)52(9)72(60(73)36-25-23-21-19-18-20-22-24-26-37-85(54-33-27-30-45(2)38-54,55-34-28-31-46(3)39-55)56-35-29-32-47(4)40-56)44-48(5)42-68(11,78)65(84-67-62(74)57(71(14)15)41-49(6)81-67)50(7)61(51(8)66(77)83-59)58-43-69(12,80-16)64(76)53(10)82-58/h27-35,38-40,48-53,57-59,61-65,67,74-76,78-79H,17-26,36-37,41-44H2,1-16H3/q+1/t48-,49-,50+,51-,52-,53+,57+,58-,59-,61?,62-,63-,64+,65-,67+,68-,69-,70-/m1/s1. The van der Waals surface area contributed by atoms with Crippen molar-refractivity contribution in [2.24, 2.45) is 23.7 Å². The van der Waals surface area contributed by atoms with Gasteiger partial charge in [-0.3, -0.25) is 9.59 Å². The molecule has 5 N–H and O–H groups in total. The van der Waals surface area contributed by atoms with Gasteiger partial charge in [0.1, 0.15) is 53.2 Å². The Morgan fingerprint density at radius 2 is 1.26 bits per heavy atom. The van der Waals surface area contributed by atoms with E-state index in [0.717, 1.165) is 51.1 Å². The van der Waals surface area contributed by atoms with Crippen LogP contribution in [0.5, 0.6) is 0 Å². The fourth-order valence-corrected chi connectivity index (χ4v) is 19.5. The molecule has 3 fully saturated rings. The van der Waals surface area contributed by atoms with E-state index in [1.807, 2.05) is 46.7 Å². The lowest BCUT2D eigenvalue weighted by Crippen LogP contribution is -2.61. The summed E-state index contributed by atoms with van der Waals surface area (Å²) in [5.74, 6) is -3.63. The molecule has 3 aromatic rings. The maximum Gasteiger partial charge on any atom is 0.309 e. The molecule has 0 bridgehead atoms. The molecular weight excluding hydrogens is 1090 g/mol. The number of rotatable bonds is 21. The Morgan fingerprint density at radius 3 is 1.75 bits per heavy atom. The van der Waals surface area contributed by atoms with Crippen LogP contribution in [0.25, 0.3) is 0 Å². The van der Waals surface area contributed by atoms with E-state index in [2.05, 4.69) is 93.6 Å². The van der Waals surface area contributed by atoms with Crippen LogP contribution in [0.15, 0.2) is 72.8 Å². The van der Waals surface area contributed by atoms with Crippen molar-refractivity contribution in [3.8, 4) is 0 Å². The van der Waals surface area contributed by atoms with Gasteiger partial charge in [-0.2, -0.15) is 0 Å². The molecule has 1 unspecified atom stereocenters. The van der Waals surface area contributed by atoms with Crippen LogP contribution in [0.4, 0.5) is 0 Å². The Hall–Kier alpha value is -3.37. The van der Waals surface area contributed by atoms with Gasteiger partial charge in [0.25, 0.3) is 0 Å². The van der Waals surface area contributed by atoms with E-state index in [9.17, 15) is 35.1 Å². The molecule has 3 aromatic carbocycles. The number of hydrogen-bond acceptors (Lipinski definition) is 13. The number of aliphatic hydroxyl groups excluding tert-OH is 3. The summed E-state index contributed by atoms with van der Waals surface area (Å²) in [6.45, 7) is 24.5. The monoisotopic (exact) mass is 1200 g/mol. The number of cyclic esters (lactones) is 1. The third kappa shape index (κ3) is 17.1. The van der Waals surface area contributed by atoms with Gasteiger partial charge in [-0.15, -0.1) is 0 Å². The van der Waals surface area contributed by atoms with Gasteiger partial charge >= 0.3 is 5.97 Å². The Labute approximate surface area is 512 Å². The van der Waals surface area contributed by atoms with E-state index in [1.165, 1.54) is 53.1 Å². The second kappa shape index (κ2) is 30.9. The van der Waals surface area contributed by atoms with E-state index in [4.69, 9.17) is 23.7 Å². The summed E-state index contributed by atoms with van der Waals surface area (Å²) in [5.41, 5.74) is -0.862. The lowest BCUT2D eigenvalue weighted by atomic mass is 9.68. The van der Waals surface area contributed by atoms with Crippen molar-refractivity contribution in [2.45, 2.75) is 264 Å². The first-order valence-electron chi connectivity index (χ1n) is 32.3. The van der Waals surface area contributed by atoms with Crippen LogP contribution in [-0.4, -0.2) is 165 Å². The van der Waals surface area contributed by atoms with Crippen molar-refractivity contribution >= 4 is 35.1 Å².